The number of nitrogens with one attached hydrogen (secondary N) is 2. The Balaban J connectivity index is 1.66. The third-order valence-electron chi connectivity index (χ3n) is 4.09. The molecular formula is C19H16ClN5. The first-order chi connectivity index (χ1) is 12.2. The Hall–Kier alpha value is -2.92. The molecule has 124 valence electrons. The lowest BCUT2D eigenvalue weighted by atomic mass is 10.1. The van der Waals surface area contributed by atoms with E-state index < -0.39 is 0 Å². The molecule has 3 aromatic heterocycles. The van der Waals surface area contributed by atoms with E-state index in [-0.39, 0.29) is 6.04 Å². The van der Waals surface area contributed by atoms with Crippen LogP contribution in [-0.2, 0) is 0 Å². The Kier molecular flexibility index (Phi) is 4.07. The zero-order chi connectivity index (χ0) is 17.2. The van der Waals surface area contributed by atoms with Gasteiger partial charge in [-0.2, -0.15) is 0 Å². The Morgan fingerprint density at radius 1 is 1.12 bits per heavy atom. The number of hydrogen-bond acceptors (Lipinski definition) is 4. The Morgan fingerprint density at radius 2 is 1.96 bits per heavy atom. The van der Waals surface area contributed by atoms with Crippen molar-refractivity contribution in [3.63, 3.8) is 0 Å². The third kappa shape index (κ3) is 3.19. The first-order valence-electron chi connectivity index (χ1n) is 7.98. The molecule has 25 heavy (non-hydrogen) atoms. The molecule has 2 N–H and O–H groups in total. The number of pyridine rings is 1. The molecule has 0 spiro atoms. The highest BCUT2D eigenvalue weighted by Gasteiger charge is 2.11. The van der Waals surface area contributed by atoms with Gasteiger partial charge in [-0.1, -0.05) is 41.9 Å². The largest absolute Gasteiger partial charge is 0.364 e. The van der Waals surface area contributed by atoms with Crippen molar-refractivity contribution >= 4 is 28.6 Å². The smallest absolute Gasteiger partial charge is 0.156 e. The summed E-state index contributed by atoms with van der Waals surface area (Å²) in [5.74, 6) is 0.804. The number of H-pyrrole nitrogens is 1. The molecule has 5 nitrogen and oxygen atoms in total. The summed E-state index contributed by atoms with van der Waals surface area (Å²) in [6.07, 6.45) is 5.21. The van der Waals surface area contributed by atoms with Crippen LogP contribution in [0.25, 0.3) is 22.3 Å². The van der Waals surface area contributed by atoms with Gasteiger partial charge in [-0.15, -0.1) is 0 Å². The van der Waals surface area contributed by atoms with Gasteiger partial charge in [-0.3, -0.25) is 0 Å². The van der Waals surface area contributed by atoms with Gasteiger partial charge in [-0.25, -0.2) is 15.0 Å². The number of rotatable bonds is 4. The number of anilines is 1. The minimum absolute atomic E-state index is 0.154. The van der Waals surface area contributed by atoms with Gasteiger partial charge in [0.15, 0.2) is 5.65 Å². The van der Waals surface area contributed by atoms with Gasteiger partial charge >= 0.3 is 0 Å². The Bertz CT molecular complexity index is 1010. The van der Waals surface area contributed by atoms with Gasteiger partial charge in [-0.05, 0) is 30.2 Å². The number of fused-ring (bicyclic) bond motifs is 1. The predicted octanol–water partition coefficient (Wildman–Crippen LogP) is 4.85. The monoisotopic (exact) mass is 349 g/mol. The molecule has 6 heteroatoms. The zero-order valence-corrected chi connectivity index (χ0v) is 14.3. The summed E-state index contributed by atoms with van der Waals surface area (Å²) >= 11 is 5.99. The maximum Gasteiger partial charge on any atom is 0.156 e. The van der Waals surface area contributed by atoms with Crippen LogP contribution in [0, 0.1) is 0 Å². The fourth-order valence-corrected chi connectivity index (χ4v) is 2.95. The van der Waals surface area contributed by atoms with Gasteiger partial charge in [0, 0.05) is 24.0 Å². The van der Waals surface area contributed by atoms with Crippen LogP contribution < -0.4 is 5.32 Å². The number of nitrogens with zero attached hydrogens (tertiary/aromatic N) is 3. The standard InChI is InChI=1S/C19H16ClN5/c1-12(13-5-3-2-4-6-13)24-17-9-14(7-8-21-17)15-10-22-19-18(15)25-16(20)11-23-19/h2-12H,1H3,(H,21,24)(H,22,23)/t12-/m0/s1. The summed E-state index contributed by atoms with van der Waals surface area (Å²) in [6, 6.07) is 14.4. The van der Waals surface area contributed by atoms with Crippen LogP contribution >= 0.6 is 11.6 Å². The van der Waals surface area contributed by atoms with E-state index in [0.29, 0.717) is 10.8 Å². The summed E-state index contributed by atoms with van der Waals surface area (Å²) in [5.41, 5.74) is 4.62. The summed E-state index contributed by atoms with van der Waals surface area (Å²) < 4.78 is 0. The second-order valence-electron chi connectivity index (χ2n) is 5.80. The number of aromatic amines is 1. The molecule has 1 aromatic carbocycles. The molecule has 0 unspecified atom stereocenters. The fraction of sp³-hybridized carbons (Fsp3) is 0.105. The van der Waals surface area contributed by atoms with E-state index in [4.69, 9.17) is 11.6 Å². The van der Waals surface area contributed by atoms with Gasteiger partial charge in [0.1, 0.15) is 16.5 Å². The normalized spacial score (nSPS) is 12.2. The van der Waals surface area contributed by atoms with E-state index in [2.05, 4.69) is 44.3 Å². The molecule has 0 aliphatic rings. The molecule has 0 radical (unpaired) electrons. The number of halogens is 1. The fourth-order valence-electron chi connectivity index (χ4n) is 2.81. The van der Waals surface area contributed by atoms with Crippen molar-refractivity contribution in [2.75, 3.05) is 5.32 Å². The van der Waals surface area contributed by atoms with Crippen LogP contribution in [0.15, 0.2) is 61.1 Å². The highest BCUT2D eigenvalue weighted by molar-refractivity contribution is 6.29. The van der Waals surface area contributed by atoms with Gasteiger partial charge < -0.3 is 10.3 Å². The van der Waals surface area contributed by atoms with E-state index >= 15 is 0 Å². The molecule has 4 rings (SSSR count). The van der Waals surface area contributed by atoms with E-state index in [1.54, 1.807) is 6.20 Å². The summed E-state index contributed by atoms with van der Waals surface area (Å²) in [7, 11) is 0. The van der Waals surface area contributed by atoms with Crippen LogP contribution in [-0.4, -0.2) is 19.9 Å². The highest BCUT2D eigenvalue weighted by atomic mass is 35.5. The van der Waals surface area contributed by atoms with Crippen LogP contribution in [0.3, 0.4) is 0 Å². The summed E-state index contributed by atoms with van der Waals surface area (Å²) in [4.78, 5) is 16.2. The quantitative estimate of drug-likeness (QED) is 0.553. The summed E-state index contributed by atoms with van der Waals surface area (Å²) in [5, 5.41) is 3.81. The van der Waals surface area contributed by atoms with E-state index in [0.717, 1.165) is 22.5 Å². The van der Waals surface area contributed by atoms with Gasteiger partial charge in [0.25, 0.3) is 0 Å². The average Bonchev–Trinajstić information content (AvgIpc) is 3.05. The van der Waals surface area contributed by atoms with E-state index in [1.807, 2.05) is 36.5 Å². The second-order valence-corrected chi connectivity index (χ2v) is 6.19. The van der Waals surface area contributed by atoms with Crippen molar-refractivity contribution in [3.05, 3.63) is 71.8 Å². The maximum absolute atomic E-state index is 5.99. The van der Waals surface area contributed by atoms with E-state index in [1.165, 1.54) is 11.8 Å². The number of hydrogen-bond donors (Lipinski definition) is 2. The molecule has 0 saturated carbocycles. The molecule has 0 fully saturated rings. The highest BCUT2D eigenvalue weighted by Crippen LogP contribution is 2.29. The molecular weight excluding hydrogens is 334 g/mol. The molecule has 0 bridgehead atoms. The van der Waals surface area contributed by atoms with Crippen LogP contribution in [0.2, 0.25) is 5.15 Å². The molecule has 0 aliphatic heterocycles. The second kappa shape index (κ2) is 6.53. The SMILES string of the molecule is C[C@H](Nc1cc(-c2c[nH]c3ncc(Cl)nc23)ccn1)c1ccccc1. The maximum atomic E-state index is 5.99. The topological polar surface area (TPSA) is 66.5 Å². The van der Waals surface area contributed by atoms with Crippen molar-refractivity contribution in [1.82, 2.24) is 19.9 Å². The van der Waals surface area contributed by atoms with Crippen LogP contribution in [0.1, 0.15) is 18.5 Å². The molecule has 0 saturated heterocycles. The molecule has 0 amide bonds. The van der Waals surface area contributed by atoms with Crippen molar-refractivity contribution < 1.29 is 0 Å². The zero-order valence-electron chi connectivity index (χ0n) is 13.6. The number of benzene rings is 1. The van der Waals surface area contributed by atoms with E-state index in [9.17, 15) is 0 Å². The predicted molar refractivity (Wildman–Crippen MR) is 101 cm³/mol. The van der Waals surface area contributed by atoms with Crippen LogP contribution in [0.5, 0.6) is 0 Å². The molecule has 0 aliphatic carbocycles. The van der Waals surface area contributed by atoms with Gasteiger partial charge in [0.2, 0.25) is 0 Å². The Labute approximate surface area is 150 Å². The lowest BCUT2D eigenvalue weighted by molar-refractivity contribution is 0.875. The van der Waals surface area contributed by atoms with Crippen LogP contribution in [0.4, 0.5) is 5.82 Å². The minimum atomic E-state index is 0.154. The van der Waals surface area contributed by atoms with Crippen molar-refractivity contribution in [2.45, 2.75) is 13.0 Å². The lowest BCUT2D eigenvalue weighted by Gasteiger charge is -2.15. The molecule has 4 aromatic rings. The third-order valence-corrected chi connectivity index (χ3v) is 4.27. The van der Waals surface area contributed by atoms with Crippen molar-refractivity contribution in [3.8, 4) is 11.1 Å². The Morgan fingerprint density at radius 3 is 2.80 bits per heavy atom. The first kappa shape index (κ1) is 15.6. The summed E-state index contributed by atoms with van der Waals surface area (Å²) in [6.45, 7) is 2.11. The molecule has 3 heterocycles. The number of aromatic nitrogens is 4. The molecule has 1 atom stereocenters. The van der Waals surface area contributed by atoms with Gasteiger partial charge in [0.05, 0.1) is 6.20 Å². The lowest BCUT2D eigenvalue weighted by Crippen LogP contribution is -2.07. The minimum Gasteiger partial charge on any atom is -0.364 e. The first-order valence-corrected chi connectivity index (χ1v) is 8.36. The van der Waals surface area contributed by atoms with Crippen molar-refractivity contribution in [2.24, 2.45) is 0 Å². The van der Waals surface area contributed by atoms with Crippen molar-refractivity contribution in [1.29, 1.82) is 0 Å². The average molecular weight is 350 g/mol.